The molecule has 0 aliphatic rings. The third kappa shape index (κ3) is 5.53. The van der Waals surface area contributed by atoms with Crippen LogP contribution in [0.5, 0.6) is 11.5 Å². The molecule has 2 aromatic carbocycles. The van der Waals surface area contributed by atoms with E-state index in [1.165, 1.54) is 7.11 Å². The number of hydrogen-bond donors (Lipinski definition) is 2. The number of nitrogens with zero attached hydrogens (tertiary/aromatic N) is 2. The van der Waals surface area contributed by atoms with Crippen LogP contribution in [0.1, 0.15) is 17.3 Å². The van der Waals surface area contributed by atoms with Crippen molar-refractivity contribution in [1.82, 2.24) is 14.9 Å². The zero-order valence-electron chi connectivity index (χ0n) is 16.2. The zero-order chi connectivity index (χ0) is 21.6. The maximum atomic E-state index is 12.5. The fourth-order valence-electron chi connectivity index (χ4n) is 2.43. The lowest BCUT2D eigenvalue weighted by molar-refractivity contribution is 0.102. The van der Waals surface area contributed by atoms with Crippen LogP contribution in [0.2, 0.25) is 0 Å². The topological polar surface area (TPSA) is 120 Å². The highest BCUT2D eigenvalue weighted by molar-refractivity contribution is 7.91. The third-order valence-electron chi connectivity index (χ3n) is 3.81. The number of benzene rings is 2. The van der Waals surface area contributed by atoms with Gasteiger partial charge in [-0.1, -0.05) is 41.7 Å². The maximum Gasteiger partial charge on any atom is 0.270 e. The first kappa shape index (κ1) is 21.7. The molecule has 1 heterocycles. The van der Waals surface area contributed by atoms with Crippen LogP contribution in [0, 0.1) is 0 Å². The van der Waals surface area contributed by atoms with E-state index >= 15 is 0 Å². The summed E-state index contributed by atoms with van der Waals surface area (Å²) in [6.07, 6.45) is 0. The highest BCUT2D eigenvalue weighted by Crippen LogP contribution is 2.26. The molecule has 1 aromatic heterocycles. The number of anilines is 1. The fraction of sp³-hybridized carbons (Fsp3) is 0.211. The molecular weight excluding hydrogens is 428 g/mol. The van der Waals surface area contributed by atoms with Crippen LogP contribution in [-0.4, -0.2) is 44.3 Å². The fourth-order valence-corrected chi connectivity index (χ4v) is 4.57. The molecule has 1 amide bonds. The van der Waals surface area contributed by atoms with Crippen LogP contribution in [-0.2, 0) is 10.0 Å². The normalized spacial score (nSPS) is 12.2. The summed E-state index contributed by atoms with van der Waals surface area (Å²) in [7, 11) is -2.40. The summed E-state index contributed by atoms with van der Waals surface area (Å²) in [6, 6.07) is 15.0. The van der Waals surface area contributed by atoms with E-state index < -0.39 is 22.0 Å². The second-order valence-electron chi connectivity index (χ2n) is 6.18. The van der Waals surface area contributed by atoms with Gasteiger partial charge in [-0.25, -0.2) is 13.1 Å². The van der Waals surface area contributed by atoms with Crippen molar-refractivity contribution in [1.29, 1.82) is 0 Å². The minimum Gasteiger partial charge on any atom is -0.493 e. The van der Waals surface area contributed by atoms with Crippen LogP contribution in [0.15, 0.2) is 58.9 Å². The molecule has 0 bridgehead atoms. The van der Waals surface area contributed by atoms with E-state index in [2.05, 4.69) is 20.2 Å². The van der Waals surface area contributed by atoms with Gasteiger partial charge in [0.1, 0.15) is 6.61 Å². The van der Waals surface area contributed by atoms with Gasteiger partial charge in [-0.05, 0) is 31.2 Å². The molecule has 0 saturated heterocycles. The largest absolute Gasteiger partial charge is 0.493 e. The van der Waals surface area contributed by atoms with Crippen LogP contribution < -0.4 is 19.5 Å². The second-order valence-corrected chi connectivity index (χ2v) is 9.04. The van der Waals surface area contributed by atoms with Gasteiger partial charge < -0.3 is 9.47 Å². The molecule has 0 saturated carbocycles. The molecule has 158 valence electrons. The molecule has 0 spiro atoms. The van der Waals surface area contributed by atoms with E-state index in [4.69, 9.17) is 9.47 Å². The summed E-state index contributed by atoms with van der Waals surface area (Å²) in [4.78, 5) is 12.2. The van der Waals surface area contributed by atoms with Gasteiger partial charge in [-0.2, -0.15) is 0 Å². The highest BCUT2D eigenvalue weighted by Gasteiger charge is 2.23. The van der Waals surface area contributed by atoms with E-state index in [-0.39, 0.29) is 16.1 Å². The van der Waals surface area contributed by atoms with Crippen molar-refractivity contribution in [2.24, 2.45) is 0 Å². The summed E-state index contributed by atoms with van der Waals surface area (Å²) in [5.74, 6) is 0.658. The van der Waals surface area contributed by atoms with Gasteiger partial charge in [0.2, 0.25) is 9.47 Å². The van der Waals surface area contributed by atoms with Crippen molar-refractivity contribution in [3.05, 3.63) is 60.2 Å². The Balaban J connectivity index is 1.59. The number of rotatable bonds is 9. The number of sulfonamides is 1. The van der Waals surface area contributed by atoms with Crippen LogP contribution >= 0.6 is 11.3 Å². The van der Waals surface area contributed by atoms with E-state index in [0.29, 0.717) is 17.1 Å². The summed E-state index contributed by atoms with van der Waals surface area (Å²) >= 11 is 0.760. The maximum absolute atomic E-state index is 12.5. The van der Waals surface area contributed by atoms with Crippen LogP contribution in [0.4, 0.5) is 5.13 Å². The molecule has 3 aromatic rings. The number of hydrogen-bond acceptors (Lipinski definition) is 8. The van der Waals surface area contributed by atoms with Gasteiger partial charge in [-0.3, -0.25) is 10.1 Å². The smallest absolute Gasteiger partial charge is 0.270 e. The first-order valence-electron chi connectivity index (χ1n) is 8.87. The van der Waals surface area contributed by atoms with E-state index in [9.17, 15) is 13.2 Å². The van der Waals surface area contributed by atoms with Crippen molar-refractivity contribution in [2.45, 2.75) is 17.3 Å². The van der Waals surface area contributed by atoms with Crippen molar-refractivity contribution < 1.29 is 22.7 Å². The number of para-hydroxylation sites is 2. The summed E-state index contributed by atoms with van der Waals surface area (Å²) in [5, 5.41) is 10.0. The Morgan fingerprint density at radius 1 is 1.07 bits per heavy atom. The number of methoxy groups -OCH3 is 1. The van der Waals surface area contributed by atoms with E-state index in [0.717, 1.165) is 11.3 Å². The predicted molar refractivity (Wildman–Crippen MR) is 113 cm³/mol. The molecule has 3 rings (SSSR count). The number of aromatic nitrogens is 2. The van der Waals surface area contributed by atoms with Gasteiger partial charge in [0.05, 0.1) is 13.2 Å². The number of carbonyl (C=O) groups is 1. The molecule has 0 aliphatic heterocycles. The Kier molecular flexibility index (Phi) is 6.98. The van der Waals surface area contributed by atoms with Crippen LogP contribution in [0.3, 0.4) is 0 Å². The summed E-state index contributed by atoms with van der Waals surface area (Å²) < 4.78 is 38.2. The van der Waals surface area contributed by atoms with Gasteiger partial charge in [0.25, 0.3) is 15.9 Å². The SMILES string of the molecule is COc1ccccc1OCC(C)NS(=O)(=O)c1nnc(NC(=O)c2ccccc2)s1. The average Bonchev–Trinajstić information content (AvgIpc) is 3.22. The standard InChI is InChI=1S/C19H20N4O5S2/c1-13(12-28-16-11-7-6-10-15(16)27-2)23-30(25,26)19-22-21-18(29-19)20-17(24)14-8-4-3-5-9-14/h3-11,13,23H,12H2,1-2H3,(H,20,21,24). The monoisotopic (exact) mass is 448 g/mol. The Labute approximate surface area is 178 Å². The number of amides is 1. The molecule has 0 radical (unpaired) electrons. The van der Waals surface area contributed by atoms with Gasteiger partial charge in [-0.15, -0.1) is 10.2 Å². The average molecular weight is 449 g/mol. The predicted octanol–water partition coefficient (Wildman–Crippen LogP) is 2.54. The molecule has 2 N–H and O–H groups in total. The van der Waals surface area contributed by atoms with Gasteiger partial charge >= 0.3 is 0 Å². The Morgan fingerprint density at radius 3 is 2.43 bits per heavy atom. The Hall–Kier alpha value is -3.02. The number of carbonyl (C=O) groups excluding carboxylic acids is 1. The minimum absolute atomic E-state index is 0.0794. The highest BCUT2D eigenvalue weighted by atomic mass is 32.2. The van der Waals surface area contributed by atoms with E-state index in [1.807, 2.05) is 0 Å². The Bertz CT molecular complexity index is 1100. The number of ether oxygens (including phenoxy) is 2. The Morgan fingerprint density at radius 2 is 1.73 bits per heavy atom. The first-order valence-corrected chi connectivity index (χ1v) is 11.2. The van der Waals surface area contributed by atoms with Crippen molar-refractivity contribution in [2.75, 3.05) is 19.0 Å². The molecule has 0 fully saturated rings. The quantitative estimate of drug-likeness (QED) is 0.483. The molecule has 30 heavy (non-hydrogen) atoms. The lowest BCUT2D eigenvalue weighted by Gasteiger charge is -2.15. The molecular formula is C19H20N4O5S2. The van der Waals surface area contributed by atoms with Gasteiger partial charge in [0, 0.05) is 5.56 Å². The van der Waals surface area contributed by atoms with Crippen molar-refractivity contribution in [3.8, 4) is 11.5 Å². The lowest BCUT2D eigenvalue weighted by atomic mass is 10.2. The third-order valence-corrected chi connectivity index (χ3v) is 6.60. The summed E-state index contributed by atoms with van der Waals surface area (Å²) in [5.41, 5.74) is 0.428. The minimum atomic E-state index is -3.93. The van der Waals surface area contributed by atoms with Crippen molar-refractivity contribution in [3.63, 3.8) is 0 Å². The van der Waals surface area contributed by atoms with Crippen molar-refractivity contribution >= 4 is 32.4 Å². The molecule has 0 aliphatic carbocycles. The number of nitrogens with one attached hydrogen (secondary N) is 2. The van der Waals surface area contributed by atoms with E-state index in [1.54, 1.807) is 61.5 Å². The molecule has 1 atom stereocenters. The van der Waals surface area contributed by atoms with Crippen LogP contribution in [0.25, 0.3) is 0 Å². The second kappa shape index (κ2) is 9.65. The molecule has 11 heteroatoms. The first-order chi connectivity index (χ1) is 14.4. The molecule has 9 nitrogen and oxygen atoms in total. The van der Waals surface area contributed by atoms with Gasteiger partial charge in [0.15, 0.2) is 11.5 Å². The summed E-state index contributed by atoms with van der Waals surface area (Å²) in [6.45, 7) is 1.74. The molecule has 1 unspecified atom stereocenters. The lowest BCUT2D eigenvalue weighted by Crippen LogP contribution is -2.36. The zero-order valence-corrected chi connectivity index (χ0v) is 17.9.